The number of rotatable bonds is 7. The fourth-order valence-corrected chi connectivity index (χ4v) is 3.12. The van der Waals surface area contributed by atoms with Gasteiger partial charge in [-0.25, -0.2) is 17.5 Å². The van der Waals surface area contributed by atoms with E-state index < -0.39 is 26.9 Å². The number of aliphatic hydroxyl groups excluding tert-OH is 1. The van der Waals surface area contributed by atoms with Gasteiger partial charge in [0.25, 0.3) is 5.69 Å². The molecule has 0 spiro atoms. The van der Waals surface area contributed by atoms with Crippen molar-refractivity contribution in [2.24, 2.45) is 0 Å². The molecule has 2 aromatic rings. The minimum absolute atomic E-state index is 0.0692. The van der Waals surface area contributed by atoms with E-state index in [1.54, 1.807) is 0 Å². The molecule has 24 heavy (non-hydrogen) atoms. The van der Waals surface area contributed by atoms with Crippen LogP contribution in [0.2, 0.25) is 0 Å². The number of halogens is 1. The molecule has 7 nitrogen and oxygen atoms in total. The van der Waals surface area contributed by atoms with Crippen LogP contribution in [0.3, 0.4) is 0 Å². The first-order chi connectivity index (χ1) is 11.3. The van der Waals surface area contributed by atoms with E-state index in [0.29, 0.717) is 5.56 Å². The van der Waals surface area contributed by atoms with Crippen molar-refractivity contribution in [1.82, 2.24) is 4.72 Å². The van der Waals surface area contributed by atoms with Crippen molar-refractivity contribution in [2.45, 2.75) is 17.4 Å². The third kappa shape index (κ3) is 4.57. The summed E-state index contributed by atoms with van der Waals surface area (Å²) in [4.78, 5) is 9.78. The van der Waals surface area contributed by atoms with Gasteiger partial charge in [-0.1, -0.05) is 18.2 Å². The molecule has 0 fully saturated rings. The van der Waals surface area contributed by atoms with Crippen LogP contribution in [0.4, 0.5) is 10.1 Å². The van der Waals surface area contributed by atoms with Crippen LogP contribution >= 0.6 is 0 Å². The van der Waals surface area contributed by atoms with Crippen LogP contribution in [-0.4, -0.2) is 25.0 Å². The van der Waals surface area contributed by atoms with Crippen molar-refractivity contribution in [1.29, 1.82) is 0 Å². The lowest BCUT2D eigenvalue weighted by Crippen LogP contribution is -2.26. The molecule has 0 aliphatic heterocycles. The summed E-state index contributed by atoms with van der Waals surface area (Å²) >= 11 is 0. The zero-order valence-corrected chi connectivity index (χ0v) is 13.2. The number of sulfonamides is 1. The summed E-state index contributed by atoms with van der Waals surface area (Å²) in [5, 5.41) is 20.6. The highest BCUT2D eigenvalue weighted by molar-refractivity contribution is 7.89. The first-order valence-corrected chi connectivity index (χ1v) is 8.45. The topological polar surface area (TPSA) is 110 Å². The lowest BCUT2D eigenvalue weighted by molar-refractivity contribution is -0.385. The summed E-state index contributed by atoms with van der Waals surface area (Å²) in [5.41, 5.74) is 0.134. The zero-order valence-electron chi connectivity index (χ0n) is 12.4. The molecular weight excluding hydrogens is 339 g/mol. The SMILES string of the molecule is O=[N+]([O-])c1cccc(S(=O)(=O)NCCC(O)c2ccc(F)cc2)c1. The van der Waals surface area contributed by atoms with Gasteiger partial charge in [-0.2, -0.15) is 0 Å². The number of nitro groups is 1. The molecule has 0 aromatic heterocycles. The zero-order chi connectivity index (χ0) is 17.7. The van der Waals surface area contributed by atoms with E-state index in [-0.39, 0.29) is 23.5 Å². The standard InChI is InChI=1S/C15H15FN2O5S/c16-12-6-4-11(5-7-12)15(19)8-9-17-24(22,23)14-3-1-2-13(10-14)18(20)21/h1-7,10,15,17,19H,8-9H2. The fraction of sp³-hybridized carbons (Fsp3) is 0.200. The summed E-state index contributed by atoms with van der Waals surface area (Å²) in [6.45, 7) is -0.0798. The van der Waals surface area contributed by atoms with Crippen LogP contribution in [0.15, 0.2) is 53.4 Å². The van der Waals surface area contributed by atoms with Crippen LogP contribution in [0, 0.1) is 15.9 Å². The van der Waals surface area contributed by atoms with E-state index in [9.17, 15) is 28.0 Å². The van der Waals surface area contributed by atoms with Gasteiger partial charge in [0.1, 0.15) is 5.82 Å². The van der Waals surface area contributed by atoms with Crippen molar-refractivity contribution in [3.8, 4) is 0 Å². The molecule has 9 heteroatoms. The smallest absolute Gasteiger partial charge is 0.270 e. The molecule has 0 saturated heterocycles. The molecule has 2 rings (SSSR count). The van der Waals surface area contributed by atoms with Crippen LogP contribution in [0.1, 0.15) is 18.1 Å². The maximum absolute atomic E-state index is 12.8. The number of nitrogens with one attached hydrogen (secondary N) is 1. The Bertz CT molecular complexity index is 824. The van der Waals surface area contributed by atoms with E-state index in [4.69, 9.17) is 0 Å². The maximum Gasteiger partial charge on any atom is 0.270 e. The van der Waals surface area contributed by atoms with Crippen molar-refractivity contribution >= 4 is 15.7 Å². The second-order valence-electron chi connectivity index (χ2n) is 5.01. The van der Waals surface area contributed by atoms with Gasteiger partial charge in [-0.05, 0) is 30.2 Å². The van der Waals surface area contributed by atoms with Crippen LogP contribution in [0.5, 0.6) is 0 Å². The van der Waals surface area contributed by atoms with Gasteiger partial charge >= 0.3 is 0 Å². The third-order valence-corrected chi connectivity index (χ3v) is 4.76. The highest BCUT2D eigenvalue weighted by Gasteiger charge is 2.18. The summed E-state index contributed by atoms with van der Waals surface area (Å²) in [5.74, 6) is -0.433. The number of hydrogen-bond acceptors (Lipinski definition) is 5. The Labute approximate surface area is 138 Å². The van der Waals surface area contributed by atoms with Gasteiger partial charge in [0, 0.05) is 18.7 Å². The number of nitrogens with zero attached hydrogens (tertiary/aromatic N) is 1. The van der Waals surface area contributed by atoms with E-state index in [0.717, 1.165) is 6.07 Å². The molecule has 0 bridgehead atoms. The van der Waals surface area contributed by atoms with E-state index >= 15 is 0 Å². The van der Waals surface area contributed by atoms with Gasteiger partial charge in [0.05, 0.1) is 15.9 Å². The lowest BCUT2D eigenvalue weighted by atomic mass is 10.1. The van der Waals surface area contributed by atoms with Gasteiger partial charge in [0.15, 0.2) is 0 Å². The Hall–Kier alpha value is -2.36. The number of benzene rings is 2. The van der Waals surface area contributed by atoms with Gasteiger partial charge < -0.3 is 5.11 Å². The summed E-state index contributed by atoms with van der Waals surface area (Å²) in [7, 11) is -3.93. The minimum atomic E-state index is -3.93. The Morgan fingerprint density at radius 2 is 1.88 bits per heavy atom. The molecule has 1 atom stereocenters. The molecule has 1 unspecified atom stereocenters. The largest absolute Gasteiger partial charge is 0.388 e. The molecule has 0 aliphatic carbocycles. The van der Waals surface area contributed by atoms with Crippen molar-refractivity contribution in [3.05, 3.63) is 70.0 Å². The molecule has 0 radical (unpaired) electrons. The summed E-state index contributed by atoms with van der Waals surface area (Å²) < 4.78 is 39.3. The molecule has 128 valence electrons. The quantitative estimate of drug-likeness (QED) is 0.585. The molecule has 2 aromatic carbocycles. The van der Waals surface area contributed by atoms with E-state index in [2.05, 4.69) is 4.72 Å². The Morgan fingerprint density at radius 1 is 1.21 bits per heavy atom. The second-order valence-corrected chi connectivity index (χ2v) is 6.78. The monoisotopic (exact) mass is 354 g/mol. The fourth-order valence-electron chi connectivity index (χ4n) is 2.03. The van der Waals surface area contributed by atoms with Crippen LogP contribution in [0.25, 0.3) is 0 Å². The van der Waals surface area contributed by atoms with Crippen molar-refractivity contribution < 1.29 is 22.8 Å². The molecule has 0 saturated carbocycles. The second kappa shape index (κ2) is 7.47. The molecule has 0 heterocycles. The van der Waals surface area contributed by atoms with Gasteiger partial charge in [-0.15, -0.1) is 0 Å². The van der Waals surface area contributed by atoms with Crippen molar-refractivity contribution in [2.75, 3.05) is 6.54 Å². The predicted octanol–water partition coefficient (Wildman–Crippen LogP) is 2.14. The van der Waals surface area contributed by atoms with E-state index in [1.165, 1.54) is 42.5 Å². The molecule has 0 amide bonds. The minimum Gasteiger partial charge on any atom is -0.388 e. The normalized spacial score (nSPS) is 12.8. The first kappa shape index (κ1) is 18.0. The number of non-ortho nitro benzene ring substituents is 1. The average Bonchev–Trinajstić information content (AvgIpc) is 2.55. The highest BCUT2D eigenvalue weighted by atomic mass is 32.2. The Morgan fingerprint density at radius 3 is 2.50 bits per heavy atom. The third-order valence-electron chi connectivity index (χ3n) is 3.30. The first-order valence-electron chi connectivity index (χ1n) is 6.97. The Kier molecular flexibility index (Phi) is 5.60. The molecular formula is C15H15FN2O5S. The predicted molar refractivity (Wildman–Crippen MR) is 84.3 cm³/mol. The van der Waals surface area contributed by atoms with Gasteiger partial charge in [0.2, 0.25) is 10.0 Å². The summed E-state index contributed by atoms with van der Waals surface area (Å²) in [6, 6.07) is 9.89. The number of aliphatic hydroxyl groups is 1. The van der Waals surface area contributed by atoms with Crippen molar-refractivity contribution in [3.63, 3.8) is 0 Å². The lowest BCUT2D eigenvalue weighted by Gasteiger charge is -2.12. The van der Waals surface area contributed by atoms with Crippen LogP contribution < -0.4 is 4.72 Å². The van der Waals surface area contributed by atoms with Crippen LogP contribution in [-0.2, 0) is 10.0 Å². The van der Waals surface area contributed by atoms with Gasteiger partial charge in [-0.3, -0.25) is 10.1 Å². The number of nitro benzene ring substituents is 1. The maximum atomic E-state index is 12.8. The average molecular weight is 354 g/mol. The Balaban J connectivity index is 1.99. The molecule has 2 N–H and O–H groups in total. The highest BCUT2D eigenvalue weighted by Crippen LogP contribution is 2.19. The molecule has 0 aliphatic rings. The number of hydrogen-bond donors (Lipinski definition) is 2. The summed E-state index contributed by atoms with van der Waals surface area (Å²) in [6.07, 6.45) is -0.891. The van der Waals surface area contributed by atoms with E-state index in [1.807, 2.05) is 0 Å².